The lowest BCUT2D eigenvalue weighted by molar-refractivity contribution is 0.241. The minimum Gasteiger partial charge on any atom is -0.493 e. The van der Waals surface area contributed by atoms with Crippen molar-refractivity contribution in [2.45, 2.75) is 6.42 Å². The third-order valence-corrected chi connectivity index (χ3v) is 2.64. The minimum atomic E-state index is -0.361. The van der Waals surface area contributed by atoms with Gasteiger partial charge in [0.2, 0.25) is 0 Å². The molecule has 2 aromatic carbocycles. The van der Waals surface area contributed by atoms with Gasteiger partial charge in [-0.05, 0) is 36.4 Å². The van der Waals surface area contributed by atoms with Crippen LogP contribution in [0.2, 0.25) is 0 Å². The zero-order valence-electron chi connectivity index (χ0n) is 10.9. The molecule has 0 radical (unpaired) electrons. The van der Waals surface area contributed by atoms with Gasteiger partial charge in [-0.1, -0.05) is 12.1 Å². The first-order valence-corrected chi connectivity index (χ1v) is 6.30. The fourth-order valence-corrected chi connectivity index (χ4v) is 1.62. The van der Waals surface area contributed by atoms with E-state index < -0.39 is 0 Å². The first-order chi connectivity index (χ1) is 9.79. The van der Waals surface area contributed by atoms with Gasteiger partial charge in [-0.15, -0.1) is 0 Å². The highest BCUT2D eigenvalue weighted by molar-refractivity contribution is 5.34. The Morgan fingerprint density at radius 1 is 0.950 bits per heavy atom. The number of ether oxygens (including phenoxy) is 2. The van der Waals surface area contributed by atoms with Gasteiger partial charge in [0.15, 0.2) is 11.6 Å². The van der Waals surface area contributed by atoms with Gasteiger partial charge >= 0.3 is 0 Å². The number of hydrogen-bond acceptors (Lipinski definition) is 3. The van der Waals surface area contributed by atoms with Crippen LogP contribution in [0.4, 0.5) is 4.39 Å². The number of para-hydroxylation sites is 1. The van der Waals surface area contributed by atoms with E-state index in [-0.39, 0.29) is 11.6 Å². The van der Waals surface area contributed by atoms with Crippen molar-refractivity contribution >= 4 is 0 Å². The minimum absolute atomic E-state index is 0.255. The summed E-state index contributed by atoms with van der Waals surface area (Å²) in [5.74, 6) is 0.598. The molecule has 0 amide bonds. The molecule has 0 heterocycles. The number of hydrogen-bond donors (Lipinski definition) is 0. The van der Waals surface area contributed by atoms with Gasteiger partial charge in [-0.3, -0.25) is 0 Å². The van der Waals surface area contributed by atoms with E-state index in [9.17, 15) is 4.39 Å². The molecule has 0 unspecified atom stereocenters. The zero-order chi connectivity index (χ0) is 14.2. The lowest BCUT2D eigenvalue weighted by atomic mass is 10.2. The van der Waals surface area contributed by atoms with Gasteiger partial charge in [-0.2, -0.15) is 5.26 Å². The first-order valence-electron chi connectivity index (χ1n) is 6.30. The van der Waals surface area contributed by atoms with Crippen LogP contribution in [0.25, 0.3) is 0 Å². The van der Waals surface area contributed by atoms with Crippen molar-refractivity contribution < 1.29 is 13.9 Å². The lowest BCUT2D eigenvalue weighted by Gasteiger charge is -2.08. The van der Waals surface area contributed by atoms with Gasteiger partial charge in [-0.25, -0.2) is 4.39 Å². The number of benzene rings is 2. The van der Waals surface area contributed by atoms with E-state index in [4.69, 9.17) is 14.7 Å². The highest BCUT2D eigenvalue weighted by Gasteiger charge is 2.01. The summed E-state index contributed by atoms with van der Waals surface area (Å²) < 4.78 is 24.1. The Labute approximate surface area is 117 Å². The summed E-state index contributed by atoms with van der Waals surface area (Å²) in [4.78, 5) is 0. The van der Waals surface area contributed by atoms with E-state index in [1.807, 2.05) is 6.07 Å². The van der Waals surface area contributed by atoms with Crippen LogP contribution in [-0.2, 0) is 0 Å². The van der Waals surface area contributed by atoms with Gasteiger partial charge in [0.1, 0.15) is 5.75 Å². The van der Waals surface area contributed by atoms with Gasteiger partial charge in [0, 0.05) is 6.42 Å². The average Bonchev–Trinajstić information content (AvgIpc) is 2.49. The number of rotatable bonds is 6. The SMILES string of the molecule is N#Cc1ccc(OCCCOc2ccccc2F)cc1. The van der Waals surface area contributed by atoms with Crippen LogP contribution in [0.5, 0.6) is 11.5 Å². The summed E-state index contributed by atoms with van der Waals surface area (Å²) in [5.41, 5.74) is 0.597. The third-order valence-electron chi connectivity index (χ3n) is 2.64. The summed E-state index contributed by atoms with van der Waals surface area (Å²) >= 11 is 0. The van der Waals surface area contributed by atoms with E-state index in [0.29, 0.717) is 30.9 Å². The van der Waals surface area contributed by atoms with E-state index >= 15 is 0 Å². The normalized spacial score (nSPS) is 9.80. The van der Waals surface area contributed by atoms with Gasteiger partial charge in [0.25, 0.3) is 0 Å². The van der Waals surface area contributed by atoms with Crippen LogP contribution in [-0.4, -0.2) is 13.2 Å². The Hall–Kier alpha value is -2.54. The highest BCUT2D eigenvalue weighted by Crippen LogP contribution is 2.15. The Morgan fingerprint density at radius 3 is 2.35 bits per heavy atom. The summed E-state index contributed by atoms with van der Waals surface area (Å²) in [5, 5.41) is 8.67. The predicted molar refractivity (Wildman–Crippen MR) is 73.2 cm³/mol. The molecule has 0 saturated heterocycles. The molecule has 102 valence electrons. The lowest BCUT2D eigenvalue weighted by Crippen LogP contribution is -2.05. The molecule has 0 aliphatic rings. The van der Waals surface area contributed by atoms with Crippen molar-refractivity contribution in [3.05, 3.63) is 59.9 Å². The van der Waals surface area contributed by atoms with Crippen LogP contribution in [0, 0.1) is 17.1 Å². The molecule has 0 bridgehead atoms. The quantitative estimate of drug-likeness (QED) is 0.754. The molecular formula is C16H14FNO2. The van der Waals surface area contributed by atoms with Crippen LogP contribution in [0.15, 0.2) is 48.5 Å². The molecule has 0 atom stereocenters. The highest BCUT2D eigenvalue weighted by atomic mass is 19.1. The van der Waals surface area contributed by atoms with Gasteiger partial charge in [0.05, 0.1) is 24.8 Å². The Bertz CT molecular complexity index is 590. The predicted octanol–water partition coefficient (Wildman–Crippen LogP) is 3.55. The summed E-state index contributed by atoms with van der Waals surface area (Å²) in [7, 11) is 0. The molecule has 0 fully saturated rings. The molecule has 0 aromatic heterocycles. The monoisotopic (exact) mass is 271 g/mol. The van der Waals surface area contributed by atoms with Gasteiger partial charge < -0.3 is 9.47 Å². The number of nitrogens with zero attached hydrogens (tertiary/aromatic N) is 1. The average molecular weight is 271 g/mol. The molecule has 0 spiro atoms. The van der Waals surface area contributed by atoms with Crippen molar-refractivity contribution in [1.82, 2.24) is 0 Å². The van der Waals surface area contributed by atoms with Crippen LogP contribution >= 0.6 is 0 Å². The maximum atomic E-state index is 13.3. The maximum absolute atomic E-state index is 13.3. The molecule has 3 nitrogen and oxygen atoms in total. The van der Waals surface area contributed by atoms with Crippen molar-refractivity contribution in [2.24, 2.45) is 0 Å². The second kappa shape index (κ2) is 7.15. The van der Waals surface area contributed by atoms with E-state index in [1.165, 1.54) is 6.07 Å². The Balaban J connectivity index is 1.69. The standard InChI is InChI=1S/C16H14FNO2/c17-15-4-1-2-5-16(15)20-11-3-10-19-14-8-6-13(12-18)7-9-14/h1-2,4-9H,3,10-11H2. The smallest absolute Gasteiger partial charge is 0.165 e. The molecule has 4 heteroatoms. The molecular weight excluding hydrogens is 257 g/mol. The Kier molecular flexibility index (Phi) is 4.96. The Morgan fingerprint density at radius 2 is 1.65 bits per heavy atom. The second-order valence-electron chi connectivity index (χ2n) is 4.12. The number of halogens is 1. The maximum Gasteiger partial charge on any atom is 0.165 e. The first kappa shape index (κ1) is 13.9. The topological polar surface area (TPSA) is 42.2 Å². The molecule has 0 N–H and O–H groups in total. The van der Waals surface area contributed by atoms with Crippen LogP contribution in [0.1, 0.15) is 12.0 Å². The zero-order valence-corrected chi connectivity index (χ0v) is 10.9. The summed E-state index contributed by atoms with van der Waals surface area (Å²) in [6.07, 6.45) is 0.647. The fraction of sp³-hybridized carbons (Fsp3) is 0.188. The van der Waals surface area contributed by atoms with E-state index in [2.05, 4.69) is 0 Å². The second-order valence-corrected chi connectivity index (χ2v) is 4.12. The molecule has 0 aliphatic carbocycles. The summed E-state index contributed by atoms with van der Waals surface area (Å²) in [6.45, 7) is 0.859. The van der Waals surface area contributed by atoms with Crippen molar-refractivity contribution in [3.63, 3.8) is 0 Å². The molecule has 2 rings (SSSR count). The van der Waals surface area contributed by atoms with Crippen LogP contribution in [0.3, 0.4) is 0 Å². The third kappa shape index (κ3) is 3.99. The number of nitriles is 1. The van der Waals surface area contributed by atoms with E-state index in [1.54, 1.807) is 42.5 Å². The molecule has 0 aliphatic heterocycles. The summed E-state index contributed by atoms with van der Waals surface area (Å²) in [6, 6.07) is 15.2. The van der Waals surface area contributed by atoms with E-state index in [0.717, 1.165) is 0 Å². The molecule has 0 saturated carbocycles. The van der Waals surface area contributed by atoms with Crippen molar-refractivity contribution in [1.29, 1.82) is 5.26 Å². The fourth-order valence-electron chi connectivity index (χ4n) is 1.62. The molecule has 20 heavy (non-hydrogen) atoms. The van der Waals surface area contributed by atoms with Crippen LogP contribution < -0.4 is 9.47 Å². The molecule has 2 aromatic rings. The van der Waals surface area contributed by atoms with Crippen molar-refractivity contribution in [3.8, 4) is 17.6 Å². The van der Waals surface area contributed by atoms with Crippen molar-refractivity contribution in [2.75, 3.05) is 13.2 Å². The largest absolute Gasteiger partial charge is 0.493 e.